The van der Waals surface area contributed by atoms with E-state index in [1.54, 1.807) is 33.3 Å². The number of likely N-dealkylation sites (N-methyl/N-ethyl adjacent to an activating group) is 1. The van der Waals surface area contributed by atoms with E-state index in [1.165, 1.54) is 12.1 Å². The average molecular weight is 404 g/mol. The fourth-order valence-electron chi connectivity index (χ4n) is 3.29. The number of halogens is 1. The largest absolute Gasteiger partial charge is 0.351 e. The molecule has 27 heavy (non-hydrogen) atoms. The Hall–Kier alpha value is -2.25. The summed E-state index contributed by atoms with van der Waals surface area (Å²) in [4.78, 5) is 16.9. The Labute approximate surface area is 168 Å². The zero-order valence-electron chi connectivity index (χ0n) is 15.5. The average Bonchev–Trinajstić information content (AvgIpc) is 3.18. The molecule has 4 nitrogen and oxygen atoms in total. The molecule has 1 unspecified atom stereocenters. The summed E-state index contributed by atoms with van der Waals surface area (Å²) in [5, 5.41) is 7.82. The van der Waals surface area contributed by atoms with Crippen molar-refractivity contribution in [1.82, 2.24) is 10.2 Å². The summed E-state index contributed by atoms with van der Waals surface area (Å²) < 4.78 is 13.4. The molecule has 1 aromatic carbocycles. The van der Waals surface area contributed by atoms with E-state index in [-0.39, 0.29) is 17.8 Å². The van der Waals surface area contributed by atoms with E-state index in [1.807, 2.05) is 37.6 Å². The fourth-order valence-corrected chi connectivity index (χ4v) is 4.34. The second-order valence-corrected chi connectivity index (χ2v) is 7.39. The molecule has 1 aliphatic heterocycles. The van der Waals surface area contributed by atoms with Crippen LogP contribution in [0.1, 0.15) is 32.4 Å². The van der Waals surface area contributed by atoms with Crippen LogP contribution in [0, 0.1) is 5.82 Å². The van der Waals surface area contributed by atoms with Crippen molar-refractivity contribution in [3.05, 3.63) is 63.7 Å². The lowest BCUT2D eigenvalue weighted by Gasteiger charge is -2.38. The number of nitrogens with one attached hydrogen (secondary N) is 1. The van der Waals surface area contributed by atoms with Gasteiger partial charge in [-0.1, -0.05) is 0 Å². The minimum Gasteiger partial charge on any atom is -0.351 e. The summed E-state index contributed by atoms with van der Waals surface area (Å²) in [5.74, 6) is -0.331. The molecular weight excluding hydrogens is 381 g/mol. The van der Waals surface area contributed by atoms with Crippen LogP contribution < -0.4 is 10.2 Å². The van der Waals surface area contributed by atoms with Crippen molar-refractivity contribution < 1.29 is 9.18 Å². The zero-order chi connectivity index (χ0) is 19.6. The minimum atomic E-state index is -0.313. The van der Waals surface area contributed by atoms with E-state index < -0.39 is 0 Å². The van der Waals surface area contributed by atoms with Crippen LogP contribution in [0.25, 0.3) is 0 Å². The summed E-state index contributed by atoms with van der Waals surface area (Å²) >= 11 is 7.18. The first kappa shape index (κ1) is 19.5. The van der Waals surface area contributed by atoms with Crippen LogP contribution in [0.2, 0.25) is 0 Å². The highest BCUT2D eigenvalue weighted by molar-refractivity contribution is 7.80. The van der Waals surface area contributed by atoms with Gasteiger partial charge >= 0.3 is 0 Å². The number of carbonyl (C=O) groups excluding carboxylic acids is 1. The van der Waals surface area contributed by atoms with Crippen LogP contribution in [0.5, 0.6) is 0 Å². The second-order valence-electron chi connectivity index (χ2n) is 6.23. The molecule has 1 atom stereocenters. The Morgan fingerprint density at radius 2 is 1.93 bits per heavy atom. The molecule has 1 N–H and O–H groups in total. The standard InChI is InChI=1S/C20H22FN3OS2/c1-4-23(5-2)19(25)17-13(3)24(16-8-6-15(21)7-9-16)20(26)22-18(17)14-10-11-27-12-14/h6-12,18H,4-5H2,1-3H3,(H,22,26). The molecule has 0 spiro atoms. The maximum Gasteiger partial charge on any atom is 0.253 e. The fraction of sp³-hybridized carbons (Fsp3) is 0.300. The van der Waals surface area contributed by atoms with Crippen molar-refractivity contribution >= 4 is 40.3 Å². The smallest absolute Gasteiger partial charge is 0.253 e. The van der Waals surface area contributed by atoms with E-state index in [2.05, 4.69) is 5.32 Å². The molecule has 1 amide bonds. The molecule has 0 aliphatic carbocycles. The second kappa shape index (κ2) is 8.19. The number of amides is 1. The third kappa shape index (κ3) is 3.75. The van der Waals surface area contributed by atoms with Gasteiger partial charge in [0.25, 0.3) is 5.91 Å². The maximum absolute atomic E-state index is 13.4. The van der Waals surface area contributed by atoms with E-state index in [0.29, 0.717) is 23.8 Å². The van der Waals surface area contributed by atoms with Crippen LogP contribution in [0.15, 0.2) is 52.4 Å². The highest BCUT2D eigenvalue weighted by Crippen LogP contribution is 2.35. The van der Waals surface area contributed by atoms with Crippen LogP contribution in [0.3, 0.4) is 0 Å². The predicted octanol–water partition coefficient (Wildman–Crippen LogP) is 4.47. The van der Waals surface area contributed by atoms with Gasteiger partial charge in [0.2, 0.25) is 0 Å². The first-order valence-electron chi connectivity index (χ1n) is 8.86. The monoisotopic (exact) mass is 403 g/mol. The van der Waals surface area contributed by atoms with Crippen molar-refractivity contribution in [3.63, 3.8) is 0 Å². The number of carbonyl (C=O) groups is 1. The molecule has 0 bridgehead atoms. The molecule has 7 heteroatoms. The number of hydrogen-bond donors (Lipinski definition) is 1. The molecular formula is C20H22FN3OS2. The molecule has 0 fully saturated rings. The van der Waals surface area contributed by atoms with Crippen LogP contribution >= 0.6 is 23.6 Å². The summed E-state index contributed by atoms with van der Waals surface area (Å²) in [6, 6.07) is 7.81. The van der Waals surface area contributed by atoms with Gasteiger partial charge in [0.1, 0.15) is 5.82 Å². The highest BCUT2D eigenvalue weighted by atomic mass is 32.1. The van der Waals surface area contributed by atoms with Crippen LogP contribution in [-0.4, -0.2) is 29.0 Å². The van der Waals surface area contributed by atoms with Gasteiger partial charge in [0, 0.05) is 24.5 Å². The molecule has 3 rings (SSSR count). The van der Waals surface area contributed by atoms with Crippen molar-refractivity contribution in [3.8, 4) is 0 Å². The van der Waals surface area contributed by atoms with Crippen molar-refractivity contribution in [2.75, 3.05) is 18.0 Å². The lowest BCUT2D eigenvalue weighted by atomic mass is 9.95. The number of thiocarbonyl (C=S) groups is 1. The van der Waals surface area contributed by atoms with Gasteiger partial charge in [-0.05, 0) is 79.6 Å². The zero-order valence-corrected chi connectivity index (χ0v) is 17.2. The van der Waals surface area contributed by atoms with Crippen LogP contribution in [-0.2, 0) is 4.79 Å². The molecule has 1 aliphatic rings. The molecule has 142 valence electrons. The first-order chi connectivity index (χ1) is 13.0. The summed E-state index contributed by atoms with van der Waals surface area (Å²) in [7, 11) is 0. The van der Waals surface area contributed by atoms with Crippen molar-refractivity contribution in [2.45, 2.75) is 26.8 Å². The maximum atomic E-state index is 13.4. The molecule has 0 saturated carbocycles. The van der Waals surface area contributed by atoms with Gasteiger partial charge in [0.05, 0.1) is 11.6 Å². The van der Waals surface area contributed by atoms with E-state index in [9.17, 15) is 9.18 Å². The van der Waals surface area contributed by atoms with Gasteiger partial charge in [-0.2, -0.15) is 11.3 Å². The molecule has 2 heterocycles. The minimum absolute atomic E-state index is 0.0178. The molecule has 2 aromatic rings. The van der Waals surface area contributed by atoms with Gasteiger partial charge in [-0.3, -0.25) is 9.69 Å². The lowest BCUT2D eigenvalue weighted by Crippen LogP contribution is -2.49. The Bertz CT molecular complexity index is 858. The third-order valence-corrected chi connectivity index (χ3v) is 5.73. The Morgan fingerprint density at radius 1 is 1.26 bits per heavy atom. The van der Waals surface area contributed by atoms with E-state index in [0.717, 1.165) is 16.9 Å². The normalized spacial score (nSPS) is 17.1. The van der Waals surface area contributed by atoms with Crippen molar-refractivity contribution in [2.24, 2.45) is 0 Å². The Balaban J connectivity index is 2.13. The summed E-state index contributed by atoms with van der Waals surface area (Å²) in [6.45, 7) is 7.09. The quantitative estimate of drug-likeness (QED) is 0.748. The SMILES string of the molecule is CCN(CC)C(=O)C1=C(C)N(c2ccc(F)cc2)C(=S)NC1c1ccsc1. The third-order valence-electron chi connectivity index (χ3n) is 4.73. The number of allylic oxidation sites excluding steroid dienone is 1. The number of anilines is 1. The Kier molecular flexibility index (Phi) is 5.92. The lowest BCUT2D eigenvalue weighted by molar-refractivity contribution is -0.127. The summed E-state index contributed by atoms with van der Waals surface area (Å²) in [5.41, 5.74) is 3.16. The number of benzene rings is 1. The topological polar surface area (TPSA) is 35.6 Å². The molecule has 0 saturated heterocycles. The Morgan fingerprint density at radius 3 is 2.48 bits per heavy atom. The number of thiophene rings is 1. The van der Waals surface area contributed by atoms with Gasteiger partial charge < -0.3 is 10.2 Å². The van der Waals surface area contributed by atoms with E-state index >= 15 is 0 Å². The summed E-state index contributed by atoms with van der Waals surface area (Å²) in [6.07, 6.45) is 0. The van der Waals surface area contributed by atoms with Gasteiger partial charge in [-0.15, -0.1) is 0 Å². The van der Waals surface area contributed by atoms with E-state index in [4.69, 9.17) is 12.2 Å². The molecule has 0 radical (unpaired) electrons. The van der Waals surface area contributed by atoms with Gasteiger partial charge in [0.15, 0.2) is 5.11 Å². The number of hydrogen-bond acceptors (Lipinski definition) is 3. The van der Waals surface area contributed by atoms with Crippen molar-refractivity contribution in [1.29, 1.82) is 0 Å². The number of nitrogens with zero attached hydrogens (tertiary/aromatic N) is 2. The highest BCUT2D eigenvalue weighted by Gasteiger charge is 2.36. The van der Waals surface area contributed by atoms with Gasteiger partial charge in [-0.25, -0.2) is 4.39 Å². The molecule has 1 aromatic heterocycles. The first-order valence-corrected chi connectivity index (χ1v) is 10.2. The van der Waals surface area contributed by atoms with Crippen LogP contribution in [0.4, 0.5) is 10.1 Å². The predicted molar refractivity (Wildman–Crippen MR) is 112 cm³/mol. The number of rotatable bonds is 5.